The number of benzene rings is 3. The summed E-state index contributed by atoms with van der Waals surface area (Å²) >= 11 is 5.92. The molecule has 164 valence electrons. The van der Waals surface area contributed by atoms with Crippen molar-refractivity contribution in [3.63, 3.8) is 0 Å². The number of nitrogens with zero attached hydrogens (tertiary/aromatic N) is 2. The molecule has 3 aromatic rings. The third kappa shape index (κ3) is 5.21. The normalized spacial score (nSPS) is 13.7. The van der Waals surface area contributed by atoms with E-state index in [4.69, 9.17) is 22.1 Å². The van der Waals surface area contributed by atoms with Crippen molar-refractivity contribution < 1.29 is 14.3 Å². The van der Waals surface area contributed by atoms with Crippen molar-refractivity contribution in [1.82, 2.24) is 4.90 Å². The first kappa shape index (κ1) is 21.7. The Balaban J connectivity index is 1.34. The summed E-state index contributed by atoms with van der Waals surface area (Å²) < 4.78 is 5.86. The highest BCUT2D eigenvalue weighted by Crippen LogP contribution is 2.21. The lowest BCUT2D eigenvalue weighted by Gasteiger charge is -2.36. The fraction of sp³-hybridized carbons (Fsp3) is 0.200. The molecule has 2 amide bonds. The van der Waals surface area contributed by atoms with Gasteiger partial charge in [0.05, 0.1) is 0 Å². The number of anilines is 1. The average Bonchev–Trinajstić information content (AvgIpc) is 2.83. The molecule has 1 heterocycles. The van der Waals surface area contributed by atoms with Crippen LogP contribution in [0.15, 0.2) is 72.8 Å². The first-order valence-electron chi connectivity index (χ1n) is 10.4. The second kappa shape index (κ2) is 9.75. The molecule has 1 fully saturated rings. The van der Waals surface area contributed by atoms with Crippen LogP contribution in [-0.4, -0.2) is 42.9 Å². The summed E-state index contributed by atoms with van der Waals surface area (Å²) in [5.41, 5.74) is 8.42. The molecule has 7 heteroatoms. The number of halogens is 1. The predicted molar refractivity (Wildman–Crippen MR) is 125 cm³/mol. The van der Waals surface area contributed by atoms with Crippen molar-refractivity contribution in [1.29, 1.82) is 0 Å². The molecule has 6 nitrogen and oxygen atoms in total. The van der Waals surface area contributed by atoms with Crippen molar-refractivity contribution >= 4 is 29.1 Å². The Kier molecular flexibility index (Phi) is 6.61. The number of nitrogens with two attached hydrogens (primary N) is 1. The fourth-order valence-corrected chi connectivity index (χ4v) is 3.78. The molecule has 32 heavy (non-hydrogen) atoms. The quantitative estimate of drug-likeness (QED) is 0.617. The zero-order valence-corrected chi connectivity index (χ0v) is 18.3. The lowest BCUT2D eigenvalue weighted by molar-refractivity contribution is 0.0746. The van der Waals surface area contributed by atoms with E-state index in [0.717, 1.165) is 11.3 Å². The summed E-state index contributed by atoms with van der Waals surface area (Å²) in [6.07, 6.45) is 0. The van der Waals surface area contributed by atoms with Crippen LogP contribution < -0.4 is 15.4 Å². The van der Waals surface area contributed by atoms with Gasteiger partial charge in [0.25, 0.3) is 5.91 Å². The third-order valence-electron chi connectivity index (χ3n) is 5.48. The van der Waals surface area contributed by atoms with E-state index in [9.17, 15) is 9.59 Å². The highest BCUT2D eigenvalue weighted by molar-refractivity contribution is 6.30. The zero-order valence-electron chi connectivity index (χ0n) is 17.5. The van der Waals surface area contributed by atoms with Crippen LogP contribution in [0, 0.1) is 0 Å². The van der Waals surface area contributed by atoms with Crippen LogP contribution in [0.2, 0.25) is 5.02 Å². The van der Waals surface area contributed by atoms with Gasteiger partial charge in [-0.3, -0.25) is 9.59 Å². The molecule has 1 aliphatic heterocycles. The van der Waals surface area contributed by atoms with Crippen LogP contribution in [0.4, 0.5) is 5.69 Å². The van der Waals surface area contributed by atoms with Gasteiger partial charge in [-0.1, -0.05) is 29.8 Å². The van der Waals surface area contributed by atoms with Crippen molar-refractivity contribution in [3.8, 4) is 5.75 Å². The summed E-state index contributed by atoms with van der Waals surface area (Å²) in [7, 11) is 0. The molecule has 0 unspecified atom stereocenters. The highest BCUT2D eigenvalue weighted by Gasteiger charge is 2.22. The van der Waals surface area contributed by atoms with Crippen molar-refractivity contribution in [3.05, 3.63) is 94.5 Å². The number of amides is 2. The molecule has 3 aromatic carbocycles. The number of piperazine rings is 1. The van der Waals surface area contributed by atoms with E-state index in [1.165, 1.54) is 0 Å². The molecule has 0 radical (unpaired) electrons. The van der Waals surface area contributed by atoms with Crippen molar-refractivity contribution in [2.75, 3.05) is 31.1 Å². The van der Waals surface area contributed by atoms with Crippen LogP contribution in [-0.2, 0) is 6.61 Å². The van der Waals surface area contributed by atoms with Gasteiger partial charge in [-0.2, -0.15) is 0 Å². The number of hydrogen-bond donors (Lipinski definition) is 1. The van der Waals surface area contributed by atoms with Crippen molar-refractivity contribution in [2.45, 2.75) is 6.61 Å². The number of rotatable bonds is 6. The fourth-order valence-electron chi connectivity index (χ4n) is 3.65. The molecule has 0 spiro atoms. The molecule has 0 atom stereocenters. The molecular formula is C25H24ClN3O3. The molecule has 0 aliphatic carbocycles. The number of hydrogen-bond acceptors (Lipinski definition) is 4. The molecule has 0 aromatic heterocycles. The van der Waals surface area contributed by atoms with Crippen LogP contribution in [0.5, 0.6) is 5.75 Å². The van der Waals surface area contributed by atoms with Gasteiger partial charge in [0.1, 0.15) is 12.4 Å². The second-order valence-electron chi connectivity index (χ2n) is 7.63. The molecule has 1 saturated heterocycles. The van der Waals surface area contributed by atoms with E-state index in [1.54, 1.807) is 18.2 Å². The maximum absolute atomic E-state index is 13.0. The number of carbonyl (C=O) groups excluding carboxylic acids is 2. The van der Waals surface area contributed by atoms with Gasteiger partial charge in [-0.05, 0) is 60.2 Å². The Hall–Kier alpha value is -3.51. The number of ether oxygens (including phenoxy) is 1. The lowest BCUT2D eigenvalue weighted by atomic mass is 10.1. The van der Waals surface area contributed by atoms with Gasteiger partial charge in [-0.15, -0.1) is 0 Å². The number of carbonyl (C=O) groups is 2. The van der Waals surface area contributed by atoms with Gasteiger partial charge in [0.2, 0.25) is 5.91 Å². The average molecular weight is 450 g/mol. The Morgan fingerprint density at radius 1 is 0.875 bits per heavy atom. The molecule has 0 saturated carbocycles. The van der Waals surface area contributed by atoms with Gasteiger partial charge in [0, 0.05) is 48.0 Å². The standard InChI is InChI=1S/C25H24ClN3O3/c26-21-8-4-18(5-9-21)17-32-23-3-1-2-20(16-23)25(31)29-14-12-28(13-15-29)22-10-6-19(7-11-22)24(27)30/h1-11,16H,12-15,17H2,(H2,27,30). The summed E-state index contributed by atoms with van der Waals surface area (Å²) in [6.45, 7) is 3.07. The van der Waals surface area contributed by atoms with Gasteiger partial charge in [-0.25, -0.2) is 0 Å². The smallest absolute Gasteiger partial charge is 0.254 e. The minimum absolute atomic E-state index is 0.00864. The van der Waals surface area contributed by atoms with E-state index >= 15 is 0 Å². The molecule has 1 aliphatic rings. The third-order valence-corrected chi connectivity index (χ3v) is 5.74. The van der Waals surface area contributed by atoms with Gasteiger partial charge in [0.15, 0.2) is 0 Å². The lowest BCUT2D eigenvalue weighted by Crippen LogP contribution is -2.48. The molecular weight excluding hydrogens is 426 g/mol. The monoisotopic (exact) mass is 449 g/mol. The zero-order chi connectivity index (χ0) is 22.5. The van der Waals surface area contributed by atoms with Crippen LogP contribution in [0.1, 0.15) is 26.3 Å². The number of primary amides is 1. The van der Waals surface area contributed by atoms with Crippen LogP contribution >= 0.6 is 11.6 Å². The minimum Gasteiger partial charge on any atom is -0.489 e. The van der Waals surface area contributed by atoms with Gasteiger partial charge < -0.3 is 20.3 Å². The Labute approximate surface area is 192 Å². The van der Waals surface area contributed by atoms with Crippen molar-refractivity contribution in [2.24, 2.45) is 5.73 Å². The van der Waals surface area contributed by atoms with E-state index in [-0.39, 0.29) is 5.91 Å². The predicted octanol–water partition coefficient (Wildman–Crippen LogP) is 3.98. The van der Waals surface area contributed by atoms with E-state index in [1.807, 2.05) is 59.5 Å². The van der Waals surface area contributed by atoms with Crippen LogP contribution in [0.3, 0.4) is 0 Å². The van der Waals surface area contributed by atoms with E-state index in [0.29, 0.717) is 54.7 Å². The molecule has 4 rings (SSSR count). The van der Waals surface area contributed by atoms with E-state index in [2.05, 4.69) is 4.90 Å². The first-order chi connectivity index (χ1) is 15.5. The SMILES string of the molecule is NC(=O)c1ccc(N2CCN(C(=O)c3cccc(OCc4ccc(Cl)cc4)c3)CC2)cc1. The summed E-state index contributed by atoms with van der Waals surface area (Å²) in [5.74, 6) is 0.205. The summed E-state index contributed by atoms with van der Waals surface area (Å²) in [6, 6.07) is 22.0. The Bertz CT molecular complexity index is 1090. The second-order valence-corrected chi connectivity index (χ2v) is 8.07. The highest BCUT2D eigenvalue weighted by atomic mass is 35.5. The Morgan fingerprint density at radius 3 is 2.22 bits per heavy atom. The summed E-state index contributed by atoms with van der Waals surface area (Å²) in [4.78, 5) is 28.3. The maximum Gasteiger partial charge on any atom is 0.254 e. The first-order valence-corrected chi connectivity index (χ1v) is 10.8. The molecule has 2 N–H and O–H groups in total. The minimum atomic E-state index is -0.439. The van der Waals surface area contributed by atoms with E-state index < -0.39 is 5.91 Å². The molecule has 0 bridgehead atoms. The summed E-state index contributed by atoms with van der Waals surface area (Å²) in [5, 5.41) is 0.684. The maximum atomic E-state index is 13.0. The van der Waals surface area contributed by atoms with Gasteiger partial charge >= 0.3 is 0 Å². The Morgan fingerprint density at radius 2 is 1.56 bits per heavy atom. The largest absolute Gasteiger partial charge is 0.489 e. The topological polar surface area (TPSA) is 75.9 Å². The van der Waals surface area contributed by atoms with Crippen LogP contribution in [0.25, 0.3) is 0 Å².